The van der Waals surface area contributed by atoms with Gasteiger partial charge in [-0.25, -0.2) is 15.0 Å². The molecular weight excluding hydrogens is 162 g/mol. The maximum atomic E-state index is 4.38. The highest BCUT2D eigenvalue weighted by molar-refractivity contribution is 5.00. The maximum absolute atomic E-state index is 4.38. The normalized spacial score (nSPS) is 10.8. The molecule has 1 aromatic rings. The molecule has 13 heavy (non-hydrogen) atoms. The highest BCUT2D eigenvalue weighted by Gasteiger charge is 2.06. The third-order valence-corrected chi connectivity index (χ3v) is 1.89. The molecule has 0 N–H and O–H groups in total. The molecule has 0 aromatic carbocycles. The van der Waals surface area contributed by atoms with Gasteiger partial charge in [-0.2, -0.15) is 0 Å². The summed E-state index contributed by atoms with van der Waals surface area (Å²) in [7, 11) is 0. The van der Waals surface area contributed by atoms with E-state index in [1.54, 1.807) is 0 Å². The highest BCUT2D eigenvalue weighted by atomic mass is 15.0. The van der Waals surface area contributed by atoms with Crippen LogP contribution in [0.2, 0.25) is 0 Å². The molecule has 0 radical (unpaired) electrons. The Morgan fingerprint density at radius 1 is 0.923 bits per heavy atom. The summed E-state index contributed by atoms with van der Waals surface area (Å²) in [5.41, 5.74) is 0. The summed E-state index contributed by atoms with van der Waals surface area (Å²) in [6, 6.07) is 0. The van der Waals surface area contributed by atoms with Gasteiger partial charge in [-0.1, -0.05) is 27.7 Å². The van der Waals surface area contributed by atoms with E-state index in [0.717, 1.165) is 30.3 Å². The van der Waals surface area contributed by atoms with E-state index < -0.39 is 0 Å². The first-order chi connectivity index (χ1) is 6.17. The largest absolute Gasteiger partial charge is 0.218 e. The van der Waals surface area contributed by atoms with E-state index in [1.807, 2.05) is 0 Å². The standard InChI is InChI=1S/C10H17N3/c1-5-8-11-9(6-2)13-10(12-8)7(3)4/h7H,5-6H2,1-4H3. The van der Waals surface area contributed by atoms with E-state index in [9.17, 15) is 0 Å². The van der Waals surface area contributed by atoms with Crippen molar-refractivity contribution >= 4 is 0 Å². The molecule has 0 atom stereocenters. The lowest BCUT2D eigenvalue weighted by Crippen LogP contribution is -2.07. The van der Waals surface area contributed by atoms with E-state index >= 15 is 0 Å². The molecule has 0 bridgehead atoms. The summed E-state index contributed by atoms with van der Waals surface area (Å²) in [6.07, 6.45) is 1.77. The number of aromatic nitrogens is 3. The second-order valence-electron chi connectivity index (χ2n) is 3.39. The number of rotatable bonds is 3. The van der Waals surface area contributed by atoms with Gasteiger partial charge in [0.05, 0.1) is 0 Å². The Morgan fingerprint density at radius 3 is 1.69 bits per heavy atom. The van der Waals surface area contributed by atoms with Gasteiger partial charge >= 0.3 is 0 Å². The maximum Gasteiger partial charge on any atom is 0.135 e. The summed E-state index contributed by atoms with van der Waals surface area (Å²) in [5.74, 6) is 3.13. The van der Waals surface area contributed by atoms with E-state index in [-0.39, 0.29) is 0 Å². The van der Waals surface area contributed by atoms with Crippen molar-refractivity contribution in [1.29, 1.82) is 0 Å². The van der Waals surface area contributed by atoms with Crippen molar-refractivity contribution in [2.24, 2.45) is 0 Å². The van der Waals surface area contributed by atoms with Crippen molar-refractivity contribution < 1.29 is 0 Å². The van der Waals surface area contributed by atoms with Gasteiger partial charge in [0.25, 0.3) is 0 Å². The minimum Gasteiger partial charge on any atom is -0.218 e. The molecule has 0 fully saturated rings. The zero-order valence-corrected chi connectivity index (χ0v) is 8.83. The quantitative estimate of drug-likeness (QED) is 0.713. The van der Waals surface area contributed by atoms with Crippen LogP contribution in [0.1, 0.15) is 51.1 Å². The monoisotopic (exact) mass is 179 g/mol. The molecule has 0 aliphatic carbocycles. The smallest absolute Gasteiger partial charge is 0.135 e. The molecule has 0 spiro atoms. The fraction of sp³-hybridized carbons (Fsp3) is 0.700. The molecule has 3 heteroatoms. The third kappa shape index (κ3) is 2.47. The van der Waals surface area contributed by atoms with Crippen LogP contribution in [0.15, 0.2) is 0 Å². The zero-order chi connectivity index (χ0) is 9.84. The molecule has 0 aliphatic heterocycles. The van der Waals surface area contributed by atoms with Gasteiger partial charge in [0.15, 0.2) is 0 Å². The van der Waals surface area contributed by atoms with Crippen LogP contribution in [0.3, 0.4) is 0 Å². The van der Waals surface area contributed by atoms with Crippen LogP contribution >= 0.6 is 0 Å². The summed E-state index contributed by atoms with van der Waals surface area (Å²) in [6.45, 7) is 8.35. The van der Waals surface area contributed by atoms with Crippen LogP contribution in [0, 0.1) is 0 Å². The Labute approximate surface area is 79.6 Å². The first-order valence-electron chi connectivity index (χ1n) is 4.91. The molecule has 0 saturated carbocycles. The topological polar surface area (TPSA) is 38.7 Å². The molecular formula is C10H17N3. The van der Waals surface area contributed by atoms with Crippen molar-refractivity contribution in [3.8, 4) is 0 Å². The molecule has 1 rings (SSSR count). The Kier molecular flexibility index (Phi) is 3.34. The predicted molar refractivity (Wildman–Crippen MR) is 52.7 cm³/mol. The van der Waals surface area contributed by atoms with Crippen LogP contribution in [-0.4, -0.2) is 15.0 Å². The number of nitrogens with zero attached hydrogens (tertiary/aromatic N) is 3. The van der Waals surface area contributed by atoms with Crippen LogP contribution < -0.4 is 0 Å². The summed E-state index contributed by atoms with van der Waals surface area (Å²) in [4.78, 5) is 13.1. The van der Waals surface area contributed by atoms with E-state index in [0.29, 0.717) is 5.92 Å². The molecule has 72 valence electrons. The van der Waals surface area contributed by atoms with Gasteiger partial charge < -0.3 is 0 Å². The van der Waals surface area contributed by atoms with Gasteiger partial charge in [-0.15, -0.1) is 0 Å². The van der Waals surface area contributed by atoms with Gasteiger partial charge in [-0.05, 0) is 0 Å². The van der Waals surface area contributed by atoms with Crippen molar-refractivity contribution in [3.63, 3.8) is 0 Å². The molecule has 0 amide bonds. The van der Waals surface area contributed by atoms with Gasteiger partial charge in [0.2, 0.25) is 0 Å². The van der Waals surface area contributed by atoms with E-state index in [4.69, 9.17) is 0 Å². The summed E-state index contributed by atoms with van der Waals surface area (Å²) >= 11 is 0. The lowest BCUT2D eigenvalue weighted by atomic mass is 10.2. The van der Waals surface area contributed by atoms with Crippen molar-refractivity contribution in [3.05, 3.63) is 17.5 Å². The van der Waals surface area contributed by atoms with Crippen molar-refractivity contribution in [1.82, 2.24) is 15.0 Å². The first kappa shape index (κ1) is 10.1. The van der Waals surface area contributed by atoms with Crippen LogP contribution in [-0.2, 0) is 12.8 Å². The predicted octanol–water partition coefficient (Wildman–Crippen LogP) is 2.12. The molecule has 1 heterocycles. The Balaban J connectivity index is 3.07. The number of hydrogen-bond acceptors (Lipinski definition) is 3. The minimum absolute atomic E-state index is 0.388. The van der Waals surface area contributed by atoms with Crippen LogP contribution in [0.4, 0.5) is 0 Å². The SMILES string of the molecule is CCc1nc(CC)nc(C(C)C)n1. The lowest BCUT2D eigenvalue weighted by Gasteiger charge is -2.06. The molecule has 0 aliphatic rings. The number of aryl methyl sites for hydroxylation is 2. The average Bonchev–Trinajstić information content (AvgIpc) is 2.16. The van der Waals surface area contributed by atoms with Crippen molar-refractivity contribution in [2.75, 3.05) is 0 Å². The van der Waals surface area contributed by atoms with Gasteiger partial charge in [-0.3, -0.25) is 0 Å². The van der Waals surface area contributed by atoms with Gasteiger partial charge in [0.1, 0.15) is 17.5 Å². The second kappa shape index (κ2) is 4.30. The second-order valence-corrected chi connectivity index (χ2v) is 3.39. The Hall–Kier alpha value is -0.990. The fourth-order valence-electron chi connectivity index (χ4n) is 1.06. The van der Waals surface area contributed by atoms with E-state index in [2.05, 4.69) is 42.6 Å². The molecule has 0 unspecified atom stereocenters. The Bertz CT molecular complexity index is 259. The fourth-order valence-corrected chi connectivity index (χ4v) is 1.06. The van der Waals surface area contributed by atoms with Crippen molar-refractivity contribution in [2.45, 2.75) is 46.5 Å². The third-order valence-electron chi connectivity index (χ3n) is 1.89. The highest BCUT2D eigenvalue weighted by Crippen LogP contribution is 2.09. The Morgan fingerprint density at radius 2 is 1.38 bits per heavy atom. The molecule has 0 saturated heterocycles. The van der Waals surface area contributed by atoms with E-state index in [1.165, 1.54) is 0 Å². The lowest BCUT2D eigenvalue weighted by molar-refractivity contribution is 0.706. The molecule has 1 aromatic heterocycles. The van der Waals surface area contributed by atoms with Gasteiger partial charge in [0, 0.05) is 18.8 Å². The first-order valence-corrected chi connectivity index (χ1v) is 4.91. The minimum atomic E-state index is 0.388. The molecule has 3 nitrogen and oxygen atoms in total. The van der Waals surface area contributed by atoms with Crippen LogP contribution in [0.5, 0.6) is 0 Å². The zero-order valence-electron chi connectivity index (χ0n) is 8.83. The average molecular weight is 179 g/mol. The summed E-state index contributed by atoms with van der Waals surface area (Å²) in [5, 5.41) is 0. The van der Waals surface area contributed by atoms with Crippen LogP contribution in [0.25, 0.3) is 0 Å². The number of hydrogen-bond donors (Lipinski definition) is 0. The summed E-state index contributed by atoms with van der Waals surface area (Å²) < 4.78 is 0.